The first-order chi connectivity index (χ1) is 32.7. The Morgan fingerprint density at radius 1 is 0.364 bits per heavy atom. The molecule has 0 unspecified atom stereocenters. The summed E-state index contributed by atoms with van der Waals surface area (Å²) >= 11 is 1.83. The lowest BCUT2D eigenvalue weighted by Gasteiger charge is -2.34. The van der Waals surface area contributed by atoms with Gasteiger partial charge in [-0.3, -0.25) is 0 Å². The summed E-state index contributed by atoms with van der Waals surface area (Å²) in [5, 5.41) is 4.90. The van der Waals surface area contributed by atoms with Gasteiger partial charge >= 0.3 is 0 Å². The molecule has 1 aliphatic carbocycles. The molecule has 0 atom stereocenters. The van der Waals surface area contributed by atoms with Crippen molar-refractivity contribution in [1.29, 1.82) is 0 Å². The summed E-state index contributed by atoms with van der Waals surface area (Å²) in [7, 11) is 0. The summed E-state index contributed by atoms with van der Waals surface area (Å²) in [4.78, 5) is 4.68. The van der Waals surface area contributed by atoms with Gasteiger partial charge in [-0.05, 0) is 109 Å². The normalized spacial score (nSPS) is 13.0. The average Bonchev–Trinajstić information content (AvgIpc) is 3.71. The zero-order chi connectivity index (χ0) is 43.6. The molecule has 3 heteroatoms. The fourth-order valence-electron chi connectivity index (χ4n) is 10.7. The van der Waals surface area contributed by atoms with Gasteiger partial charge in [0.1, 0.15) is 11.5 Å². The first kappa shape index (κ1) is 38.4. The molecule has 1 aliphatic heterocycles. The van der Waals surface area contributed by atoms with E-state index in [9.17, 15) is 0 Å². The third-order valence-corrected chi connectivity index (χ3v) is 14.8. The molecule has 0 saturated heterocycles. The fraction of sp³-hybridized carbons (Fsp3) is 0.0159. The molecule has 66 heavy (non-hydrogen) atoms. The van der Waals surface area contributed by atoms with Crippen molar-refractivity contribution in [3.63, 3.8) is 0 Å². The van der Waals surface area contributed by atoms with Gasteiger partial charge < -0.3 is 9.64 Å². The molecule has 0 N–H and O–H groups in total. The van der Waals surface area contributed by atoms with Crippen LogP contribution in [0.2, 0.25) is 0 Å². The maximum Gasteiger partial charge on any atom is 0.142 e. The molecule has 11 aromatic carbocycles. The summed E-state index contributed by atoms with van der Waals surface area (Å²) in [6.45, 7) is 0. The summed E-state index contributed by atoms with van der Waals surface area (Å²) < 4.78 is 6.93. The Labute approximate surface area is 389 Å². The molecule has 2 aliphatic rings. The van der Waals surface area contributed by atoms with Gasteiger partial charge in [0.2, 0.25) is 0 Å². The first-order valence-electron chi connectivity index (χ1n) is 22.6. The Balaban J connectivity index is 0.936. The van der Waals surface area contributed by atoms with Crippen molar-refractivity contribution in [1.82, 2.24) is 0 Å². The lowest BCUT2D eigenvalue weighted by molar-refractivity contribution is 0.455. The van der Waals surface area contributed by atoms with E-state index in [0.29, 0.717) is 0 Å². The monoisotopic (exact) mass is 859 g/mol. The van der Waals surface area contributed by atoms with Crippen LogP contribution in [0.4, 0.5) is 17.1 Å². The van der Waals surface area contributed by atoms with Crippen LogP contribution in [0.25, 0.3) is 54.9 Å². The van der Waals surface area contributed by atoms with Gasteiger partial charge in [0.25, 0.3) is 0 Å². The largest absolute Gasteiger partial charge is 0.455 e. The van der Waals surface area contributed by atoms with E-state index in [1.165, 1.54) is 66.1 Å². The van der Waals surface area contributed by atoms with E-state index in [1.54, 1.807) is 0 Å². The van der Waals surface area contributed by atoms with E-state index in [2.05, 4.69) is 254 Å². The summed E-state index contributed by atoms with van der Waals surface area (Å²) in [6.07, 6.45) is 0. The number of rotatable bonds is 7. The number of ether oxygens (including phenoxy) is 1. The Kier molecular flexibility index (Phi) is 9.04. The predicted molar refractivity (Wildman–Crippen MR) is 275 cm³/mol. The summed E-state index contributed by atoms with van der Waals surface area (Å²) in [5.41, 5.74) is 15.1. The number of anilines is 3. The van der Waals surface area contributed by atoms with Gasteiger partial charge in [-0.1, -0.05) is 218 Å². The van der Waals surface area contributed by atoms with E-state index in [-0.39, 0.29) is 0 Å². The van der Waals surface area contributed by atoms with Crippen LogP contribution >= 0.6 is 11.8 Å². The van der Waals surface area contributed by atoms with Crippen molar-refractivity contribution in [2.45, 2.75) is 15.2 Å². The summed E-state index contributed by atoms with van der Waals surface area (Å²) in [6, 6.07) is 90.4. The Bertz CT molecular complexity index is 3580. The maximum absolute atomic E-state index is 6.93. The molecular weight excluding hydrogens is 819 g/mol. The molecule has 0 saturated carbocycles. The maximum atomic E-state index is 6.93. The number of benzene rings is 11. The zero-order valence-electron chi connectivity index (χ0n) is 35.9. The molecule has 0 amide bonds. The van der Waals surface area contributed by atoms with E-state index in [1.807, 2.05) is 11.8 Å². The zero-order valence-corrected chi connectivity index (χ0v) is 36.8. The SMILES string of the molecule is c1ccc(-c2ccc(N(c3ccc(-c4cccc5c4Sc4c(ccc6c4-c4ccccc4C6(c4ccccc4)c4ccccc4)O5)cc3)c3cc4ccccc4c4ccccc34)cc2)cc1. The van der Waals surface area contributed by atoms with Crippen LogP contribution in [-0.4, -0.2) is 0 Å². The van der Waals surface area contributed by atoms with E-state index in [0.717, 1.165) is 49.5 Å². The minimum absolute atomic E-state index is 0.482. The highest BCUT2D eigenvalue weighted by Crippen LogP contribution is 2.63. The molecule has 0 aromatic heterocycles. The molecule has 0 radical (unpaired) electrons. The average molecular weight is 860 g/mol. The van der Waals surface area contributed by atoms with Gasteiger partial charge in [-0.2, -0.15) is 0 Å². The number of fused-ring (bicyclic) bond motifs is 9. The molecule has 310 valence electrons. The smallest absolute Gasteiger partial charge is 0.142 e. The van der Waals surface area contributed by atoms with Crippen molar-refractivity contribution in [3.8, 4) is 44.9 Å². The molecule has 0 bridgehead atoms. The van der Waals surface area contributed by atoms with Gasteiger partial charge in [-0.25, -0.2) is 0 Å². The highest BCUT2D eigenvalue weighted by atomic mass is 32.2. The highest BCUT2D eigenvalue weighted by Gasteiger charge is 2.48. The molecule has 0 spiro atoms. The van der Waals surface area contributed by atoms with Gasteiger partial charge in [0.05, 0.1) is 20.9 Å². The molecule has 0 fully saturated rings. The number of nitrogens with zero attached hydrogens (tertiary/aromatic N) is 1. The van der Waals surface area contributed by atoms with Crippen molar-refractivity contribution in [2.75, 3.05) is 4.90 Å². The molecule has 13 rings (SSSR count). The number of hydrogen-bond acceptors (Lipinski definition) is 3. The van der Waals surface area contributed by atoms with Crippen molar-refractivity contribution < 1.29 is 4.74 Å². The second-order valence-corrected chi connectivity index (χ2v) is 18.2. The molecule has 11 aromatic rings. The van der Waals surface area contributed by atoms with Crippen molar-refractivity contribution in [3.05, 3.63) is 271 Å². The topological polar surface area (TPSA) is 12.5 Å². The lowest BCUT2D eigenvalue weighted by Crippen LogP contribution is -2.28. The third kappa shape index (κ3) is 5.97. The van der Waals surface area contributed by atoms with Crippen LogP contribution < -0.4 is 9.64 Å². The van der Waals surface area contributed by atoms with Crippen LogP contribution in [0.15, 0.2) is 259 Å². The Hall–Kier alpha value is -8.11. The molecule has 1 heterocycles. The van der Waals surface area contributed by atoms with Gasteiger partial charge in [-0.15, -0.1) is 0 Å². The Morgan fingerprint density at radius 3 is 1.62 bits per heavy atom. The second-order valence-electron chi connectivity index (χ2n) is 17.1. The van der Waals surface area contributed by atoms with Crippen LogP contribution in [-0.2, 0) is 5.41 Å². The second kappa shape index (κ2) is 15.6. The van der Waals surface area contributed by atoms with Crippen molar-refractivity contribution >= 4 is 50.4 Å². The van der Waals surface area contributed by atoms with E-state index in [4.69, 9.17) is 4.74 Å². The van der Waals surface area contributed by atoms with Crippen LogP contribution in [0.5, 0.6) is 11.5 Å². The minimum Gasteiger partial charge on any atom is -0.455 e. The fourth-order valence-corrected chi connectivity index (χ4v) is 11.9. The van der Waals surface area contributed by atoms with E-state index >= 15 is 0 Å². The molecule has 2 nitrogen and oxygen atoms in total. The third-order valence-electron chi connectivity index (χ3n) is 13.6. The summed E-state index contributed by atoms with van der Waals surface area (Å²) in [5.74, 6) is 1.77. The quantitative estimate of drug-likeness (QED) is 0.148. The van der Waals surface area contributed by atoms with Crippen molar-refractivity contribution in [2.24, 2.45) is 0 Å². The Morgan fingerprint density at radius 2 is 0.909 bits per heavy atom. The molecular formula is C63H41NOS. The number of hydrogen-bond donors (Lipinski definition) is 0. The highest BCUT2D eigenvalue weighted by molar-refractivity contribution is 8.00. The van der Waals surface area contributed by atoms with Gasteiger partial charge in [0.15, 0.2) is 0 Å². The van der Waals surface area contributed by atoms with Crippen LogP contribution in [0.3, 0.4) is 0 Å². The standard InChI is InChI=1S/C63H41NOS/c1-4-17-42(18-5-1)43-31-35-48(36-32-43)64(57-41-45-19-10-11-24-50(45)52-25-12-13-26-53(52)57)49-37-33-44(34-38-49)51-28-16-30-58-61(51)66-62-59(65-58)40-39-56-60(62)54-27-14-15-29-55(54)63(56,46-20-6-2-7-21-46)47-22-8-3-9-23-47/h1-41H. The minimum atomic E-state index is -0.482. The lowest BCUT2D eigenvalue weighted by atomic mass is 9.68. The van der Waals surface area contributed by atoms with Crippen LogP contribution in [0, 0.1) is 0 Å². The van der Waals surface area contributed by atoms with E-state index < -0.39 is 5.41 Å². The first-order valence-corrected chi connectivity index (χ1v) is 23.4. The van der Waals surface area contributed by atoms with Crippen LogP contribution in [0.1, 0.15) is 22.3 Å². The van der Waals surface area contributed by atoms with Gasteiger partial charge in [0, 0.05) is 22.3 Å². The predicted octanol–water partition coefficient (Wildman–Crippen LogP) is 17.4.